The highest BCUT2D eigenvalue weighted by Crippen LogP contribution is 2.50. The Hall–Kier alpha value is -1.95. The number of carboxylic acid groups (broad SMARTS) is 1. The van der Waals surface area contributed by atoms with E-state index in [-0.39, 0.29) is 12.8 Å². The van der Waals surface area contributed by atoms with Crippen molar-refractivity contribution in [3.05, 3.63) is 17.7 Å². The first-order valence-corrected chi connectivity index (χ1v) is 6.04. The maximum atomic E-state index is 11.6. The number of fused-ring (bicyclic) bond motifs is 1. The second kappa shape index (κ2) is 4.03. The normalized spacial score (nSPS) is 27.8. The zero-order chi connectivity index (χ0) is 13.6. The van der Waals surface area contributed by atoms with Gasteiger partial charge in [-0.2, -0.15) is 0 Å². The van der Waals surface area contributed by atoms with Gasteiger partial charge in [-0.25, -0.2) is 0 Å². The summed E-state index contributed by atoms with van der Waals surface area (Å²) in [6, 6.07) is 3.28. The Morgan fingerprint density at radius 1 is 1.42 bits per heavy atom. The van der Waals surface area contributed by atoms with Crippen molar-refractivity contribution in [1.29, 1.82) is 0 Å². The zero-order valence-electron chi connectivity index (χ0n) is 10.5. The average Bonchev–Trinajstić information content (AvgIpc) is 2.79. The Balaban J connectivity index is 2.11. The summed E-state index contributed by atoms with van der Waals surface area (Å²) in [6.45, 7) is 0.140. The van der Waals surface area contributed by atoms with Gasteiger partial charge in [0.15, 0.2) is 11.5 Å². The number of hydrogen-bond acceptors (Lipinski definition) is 5. The molecule has 0 radical (unpaired) electrons. The van der Waals surface area contributed by atoms with Crippen LogP contribution >= 0.6 is 0 Å². The minimum absolute atomic E-state index is 0.0915. The molecule has 1 heterocycles. The van der Waals surface area contributed by atoms with E-state index in [1.165, 1.54) is 7.11 Å². The molecule has 3 N–H and O–H groups in total. The quantitative estimate of drug-likeness (QED) is 0.842. The minimum atomic E-state index is -0.980. The summed E-state index contributed by atoms with van der Waals surface area (Å²) in [4.78, 5) is 11.6. The van der Waals surface area contributed by atoms with E-state index in [9.17, 15) is 9.90 Å². The van der Waals surface area contributed by atoms with Crippen LogP contribution in [0.2, 0.25) is 0 Å². The van der Waals surface area contributed by atoms with E-state index in [1.807, 2.05) is 0 Å². The number of nitrogens with two attached hydrogens (primary N) is 1. The topological polar surface area (TPSA) is 91.0 Å². The molecule has 0 unspecified atom stereocenters. The number of hydrogen-bond donors (Lipinski definition) is 2. The van der Waals surface area contributed by atoms with Crippen molar-refractivity contribution in [2.75, 3.05) is 13.9 Å². The van der Waals surface area contributed by atoms with Crippen molar-refractivity contribution in [3.63, 3.8) is 0 Å². The lowest BCUT2D eigenvalue weighted by molar-refractivity contribution is -0.148. The second-order valence-corrected chi connectivity index (χ2v) is 4.96. The first-order valence-electron chi connectivity index (χ1n) is 6.04. The van der Waals surface area contributed by atoms with E-state index < -0.39 is 11.4 Å². The molecule has 6 heteroatoms. The van der Waals surface area contributed by atoms with Crippen LogP contribution in [-0.4, -0.2) is 31.0 Å². The lowest BCUT2D eigenvalue weighted by Gasteiger charge is -2.43. The Kier molecular flexibility index (Phi) is 2.56. The number of rotatable bonds is 3. The van der Waals surface area contributed by atoms with Crippen molar-refractivity contribution in [2.24, 2.45) is 5.73 Å². The molecule has 0 amide bonds. The van der Waals surface area contributed by atoms with Crippen molar-refractivity contribution < 1.29 is 24.1 Å². The molecule has 1 aliphatic carbocycles. The van der Waals surface area contributed by atoms with E-state index in [1.54, 1.807) is 12.1 Å². The molecule has 0 atom stereocenters. The third-order valence-corrected chi connectivity index (χ3v) is 3.84. The highest BCUT2D eigenvalue weighted by atomic mass is 16.7. The summed E-state index contributed by atoms with van der Waals surface area (Å²) in [5, 5.41) is 9.54. The van der Waals surface area contributed by atoms with Crippen LogP contribution in [0, 0.1) is 0 Å². The molecule has 1 aromatic rings. The minimum Gasteiger partial charge on any atom is -0.496 e. The van der Waals surface area contributed by atoms with Gasteiger partial charge in [-0.3, -0.25) is 4.79 Å². The molecular weight excluding hydrogens is 250 g/mol. The predicted molar refractivity (Wildman–Crippen MR) is 65.6 cm³/mol. The van der Waals surface area contributed by atoms with Gasteiger partial charge in [-0.1, -0.05) is 0 Å². The summed E-state index contributed by atoms with van der Waals surface area (Å²) in [5.41, 5.74) is 5.40. The number of carbonyl (C=O) groups is 1. The van der Waals surface area contributed by atoms with E-state index in [2.05, 4.69) is 0 Å². The van der Waals surface area contributed by atoms with Gasteiger partial charge in [-0.15, -0.1) is 0 Å². The maximum Gasteiger partial charge on any atom is 0.314 e. The molecule has 1 aliphatic heterocycles. The Morgan fingerprint density at radius 3 is 2.58 bits per heavy atom. The molecule has 1 fully saturated rings. The predicted octanol–water partition coefficient (Wildman–Crippen LogP) is 0.867. The van der Waals surface area contributed by atoms with Crippen molar-refractivity contribution in [1.82, 2.24) is 0 Å². The van der Waals surface area contributed by atoms with Gasteiger partial charge in [0.05, 0.1) is 12.5 Å². The summed E-state index contributed by atoms with van der Waals surface area (Å²) in [7, 11) is 1.51. The average molecular weight is 265 g/mol. The van der Waals surface area contributed by atoms with Crippen LogP contribution in [0.5, 0.6) is 17.2 Å². The van der Waals surface area contributed by atoms with Gasteiger partial charge in [0.25, 0.3) is 0 Å². The molecule has 19 heavy (non-hydrogen) atoms. The summed E-state index contributed by atoms with van der Waals surface area (Å²) in [6.07, 6.45) is 0.802. The Morgan fingerprint density at radius 2 is 2.05 bits per heavy atom. The molecule has 0 spiro atoms. The SMILES string of the molecule is COc1cc2c(cc1C1(C(=O)O)CC(N)C1)OCO2. The molecule has 0 saturated heterocycles. The summed E-state index contributed by atoms with van der Waals surface area (Å²) in [5.74, 6) is 0.742. The third-order valence-electron chi connectivity index (χ3n) is 3.84. The van der Waals surface area contributed by atoms with E-state index in [0.29, 0.717) is 35.7 Å². The van der Waals surface area contributed by atoms with Crippen LogP contribution in [0.25, 0.3) is 0 Å². The molecule has 0 bridgehead atoms. The largest absolute Gasteiger partial charge is 0.496 e. The van der Waals surface area contributed by atoms with Gasteiger partial charge in [0, 0.05) is 17.7 Å². The van der Waals surface area contributed by atoms with Crippen LogP contribution in [0.3, 0.4) is 0 Å². The zero-order valence-corrected chi connectivity index (χ0v) is 10.5. The van der Waals surface area contributed by atoms with Crippen molar-refractivity contribution in [3.8, 4) is 17.2 Å². The van der Waals surface area contributed by atoms with Gasteiger partial charge in [0.1, 0.15) is 5.75 Å². The first-order chi connectivity index (χ1) is 9.06. The van der Waals surface area contributed by atoms with E-state index >= 15 is 0 Å². The standard InChI is InChI=1S/C13H15NO5/c1-17-9-3-11-10(18-6-19-11)2-8(9)13(12(15)16)4-7(14)5-13/h2-3,7H,4-6,14H2,1H3,(H,15,16). The lowest BCUT2D eigenvalue weighted by Crippen LogP contribution is -2.54. The van der Waals surface area contributed by atoms with Crippen LogP contribution in [-0.2, 0) is 10.2 Å². The van der Waals surface area contributed by atoms with Gasteiger partial charge in [-0.05, 0) is 18.9 Å². The monoisotopic (exact) mass is 265 g/mol. The van der Waals surface area contributed by atoms with Crippen LogP contribution < -0.4 is 19.9 Å². The fourth-order valence-electron chi connectivity index (χ4n) is 2.81. The molecule has 6 nitrogen and oxygen atoms in total. The van der Waals surface area contributed by atoms with Crippen molar-refractivity contribution >= 4 is 5.97 Å². The van der Waals surface area contributed by atoms with Gasteiger partial charge < -0.3 is 25.1 Å². The van der Waals surface area contributed by atoms with Crippen LogP contribution in [0.15, 0.2) is 12.1 Å². The maximum absolute atomic E-state index is 11.6. The Bertz CT molecular complexity index is 536. The molecular formula is C13H15NO5. The van der Waals surface area contributed by atoms with Crippen LogP contribution in [0.1, 0.15) is 18.4 Å². The van der Waals surface area contributed by atoms with Gasteiger partial charge >= 0.3 is 5.97 Å². The van der Waals surface area contributed by atoms with E-state index in [0.717, 1.165) is 0 Å². The smallest absolute Gasteiger partial charge is 0.314 e. The second-order valence-electron chi connectivity index (χ2n) is 4.96. The highest BCUT2D eigenvalue weighted by molar-refractivity contribution is 5.85. The van der Waals surface area contributed by atoms with Gasteiger partial charge in [0.2, 0.25) is 6.79 Å². The number of carboxylic acids is 1. The number of ether oxygens (including phenoxy) is 3. The van der Waals surface area contributed by atoms with Crippen LogP contribution in [0.4, 0.5) is 0 Å². The molecule has 0 aromatic heterocycles. The fraction of sp³-hybridized carbons (Fsp3) is 0.462. The molecule has 3 rings (SSSR count). The molecule has 1 aromatic carbocycles. The number of methoxy groups -OCH3 is 1. The number of benzene rings is 1. The molecule has 102 valence electrons. The molecule has 1 saturated carbocycles. The lowest BCUT2D eigenvalue weighted by atomic mass is 9.61. The molecule has 2 aliphatic rings. The highest BCUT2D eigenvalue weighted by Gasteiger charge is 2.52. The van der Waals surface area contributed by atoms with E-state index in [4.69, 9.17) is 19.9 Å². The summed E-state index contributed by atoms with van der Waals surface area (Å²) < 4.78 is 15.9. The fourth-order valence-corrected chi connectivity index (χ4v) is 2.81. The summed E-state index contributed by atoms with van der Waals surface area (Å²) >= 11 is 0. The third kappa shape index (κ3) is 1.63. The first kappa shape index (κ1) is 12.1. The van der Waals surface area contributed by atoms with Crippen molar-refractivity contribution in [2.45, 2.75) is 24.3 Å². The number of aliphatic carboxylic acids is 1. The Labute approximate surface area is 110 Å².